The zero-order valence-electron chi connectivity index (χ0n) is 14.2. The normalized spacial score (nSPS) is 37.8. The summed E-state index contributed by atoms with van der Waals surface area (Å²) in [5.74, 6) is 2.18. The summed E-state index contributed by atoms with van der Waals surface area (Å²) in [6.45, 7) is 11.2. The molecule has 2 heteroatoms. The predicted molar refractivity (Wildman–Crippen MR) is 85.7 cm³/mol. The van der Waals surface area contributed by atoms with E-state index in [1.807, 2.05) is 0 Å². The molecule has 1 heterocycles. The highest BCUT2D eigenvalue weighted by Gasteiger charge is 2.49. The van der Waals surface area contributed by atoms with Gasteiger partial charge in [0.25, 0.3) is 0 Å². The lowest BCUT2D eigenvalue weighted by atomic mass is 9.70. The van der Waals surface area contributed by atoms with Crippen LogP contribution in [0.2, 0.25) is 0 Å². The van der Waals surface area contributed by atoms with Crippen LogP contribution < -0.4 is 5.73 Å². The van der Waals surface area contributed by atoms with Gasteiger partial charge in [0.2, 0.25) is 0 Å². The molecule has 1 saturated carbocycles. The number of nitrogens with two attached hydrogens (primary N) is 1. The minimum atomic E-state index is -0.0663. The quantitative estimate of drug-likeness (QED) is 0.822. The van der Waals surface area contributed by atoms with Crippen LogP contribution in [0.3, 0.4) is 0 Å². The van der Waals surface area contributed by atoms with Crippen molar-refractivity contribution in [1.29, 1.82) is 0 Å². The van der Waals surface area contributed by atoms with Gasteiger partial charge in [-0.1, -0.05) is 32.6 Å². The fourth-order valence-electron chi connectivity index (χ4n) is 4.80. The standard InChI is InChI=1S/C18H35NO/c1-6-7-13-8-10-14(11-9-13)16(19)15-12-17(2,3)20-18(15,4)5/h13-16H,6-12,19H2,1-5H3. The smallest absolute Gasteiger partial charge is 0.0677 e. The minimum Gasteiger partial charge on any atom is -0.369 e. The lowest BCUT2D eigenvalue weighted by molar-refractivity contribution is -0.0788. The first-order valence-corrected chi connectivity index (χ1v) is 8.71. The molecule has 2 fully saturated rings. The van der Waals surface area contributed by atoms with E-state index >= 15 is 0 Å². The van der Waals surface area contributed by atoms with Gasteiger partial charge in [0.05, 0.1) is 11.2 Å². The number of hydrogen-bond acceptors (Lipinski definition) is 2. The fraction of sp³-hybridized carbons (Fsp3) is 1.00. The number of rotatable bonds is 4. The highest BCUT2D eigenvalue weighted by atomic mass is 16.5. The van der Waals surface area contributed by atoms with E-state index in [1.54, 1.807) is 0 Å². The molecule has 2 aliphatic rings. The van der Waals surface area contributed by atoms with Crippen molar-refractivity contribution >= 4 is 0 Å². The topological polar surface area (TPSA) is 35.2 Å². The molecule has 2 unspecified atom stereocenters. The van der Waals surface area contributed by atoms with E-state index in [9.17, 15) is 0 Å². The lowest BCUT2D eigenvalue weighted by Gasteiger charge is -2.38. The molecule has 2 nitrogen and oxygen atoms in total. The predicted octanol–water partition coefficient (Wildman–Crippen LogP) is 4.51. The second-order valence-electron chi connectivity index (χ2n) is 8.42. The van der Waals surface area contributed by atoms with Crippen LogP contribution in [-0.4, -0.2) is 17.2 Å². The third-order valence-corrected chi connectivity index (χ3v) is 5.74. The Bertz CT molecular complexity index is 315. The summed E-state index contributed by atoms with van der Waals surface area (Å²) in [5.41, 5.74) is 6.61. The highest BCUT2D eigenvalue weighted by Crippen LogP contribution is 2.46. The van der Waals surface area contributed by atoms with Gasteiger partial charge in [-0.15, -0.1) is 0 Å². The molecular formula is C18H35NO. The van der Waals surface area contributed by atoms with Crippen LogP contribution in [-0.2, 0) is 4.74 Å². The van der Waals surface area contributed by atoms with Crippen molar-refractivity contribution in [3.63, 3.8) is 0 Å². The molecule has 2 N–H and O–H groups in total. The van der Waals surface area contributed by atoms with E-state index in [4.69, 9.17) is 10.5 Å². The van der Waals surface area contributed by atoms with Gasteiger partial charge < -0.3 is 10.5 Å². The Morgan fingerprint density at radius 2 is 1.70 bits per heavy atom. The molecule has 118 valence electrons. The van der Waals surface area contributed by atoms with Crippen LogP contribution in [0.4, 0.5) is 0 Å². The maximum Gasteiger partial charge on any atom is 0.0677 e. The maximum absolute atomic E-state index is 6.69. The van der Waals surface area contributed by atoms with E-state index in [1.165, 1.54) is 38.5 Å². The zero-order chi connectivity index (χ0) is 15.0. The third-order valence-electron chi connectivity index (χ3n) is 5.74. The summed E-state index contributed by atoms with van der Waals surface area (Å²) in [7, 11) is 0. The van der Waals surface area contributed by atoms with Crippen molar-refractivity contribution in [2.24, 2.45) is 23.5 Å². The third kappa shape index (κ3) is 3.57. The molecule has 0 bridgehead atoms. The monoisotopic (exact) mass is 281 g/mol. The highest BCUT2D eigenvalue weighted by molar-refractivity contribution is 5.00. The Hall–Kier alpha value is -0.0800. The summed E-state index contributed by atoms with van der Waals surface area (Å²) in [5, 5.41) is 0. The molecule has 1 aliphatic carbocycles. The Morgan fingerprint density at radius 3 is 2.15 bits per heavy atom. The van der Waals surface area contributed by atoms with E-state index in [0.717, 1.165) is 12.3 Å². The van der Waals surface area contributed by atoms with Gasteiger partial charge in [-0.05, 0) is 58.8 Å². The van der Waals surface area contributed by atoms with E-state index in [-0.39, 0.29) is 11.2 Å². The molecular weight excluding hydrogens is 246 g/mol. The summed E-state index contributed by atoms with van der Waals surface area (Å²) in [4.78, 5) is 0. The van der Waals surface area contributed by atoms with E-state index < -0.39 is 0 Å². The van der Waals surface area contributed by atoms with Crippen LogP contribution in [0.25, 0.3) is 0 Å². The first kappa shape index (κ1) is 16.3. The molecule has 2 atom stereocenters. The van der Waals surface area contributed by atoms with Crippen molar-refractivity contribution in [2.75, 3.05) is 0 Å². The van der Waals surface area contributed by atoms with Crippen LogP contribution in [0.15, 0.2) is 0 Å². The number of hydrogen-bond donors (Lipinski definition) is 1. The fourth-order valence-corrected chi connectivity index (χ4v) is 4.80. The second-order valence-corrected chi connectivity index (χ2v) is 8.42. The Labute approximate surface area is 125 Å². The minimum absolute atomic E-state index is 0.00873. The van der Waals surface area contributed by atoms with E-state index in [0.29, 0.717) is 17.9 Å². The molecule has 2 rings (SSSR count). The molecule has 0 amide bonds. The molecule has 20 heavy (non-hydrogen) atoms. The number of ether oxygens (including phenoxy) is 1. The molecule has 1 aliphatic heterocycles. The average Bonchev–Trinajstić information content (AvgIpc) is 2.58. The SMILES string of the molecule is CCCC1CCC(C(N)C2CC(C)(C)OC2(C)C)CC1. The van der Waals surface area contributed by atoms with Crippen molar-refractivity contribution < 1.29 is 4.74 Å². The summed E-state index contributed by atoms with van der Waals surface area (Å²) in [6, 6.07) is 0.314. The zero-order valence-corrected chi connectivity index (χ0v) is 14.2. The van der Waals surface area contributed by atoms with Gasteiger partial charge in [-0.2, -0.15) is 0 Å². The molecule has 0 radical (unpaired) electrons. The lowest BCUT2D eigenvalue weighted by Crippen LogP contribution is -2.46. The van der Waals surface area contributed by atoms with Gasteiger partial charge in [-0.3, -0.25) is 0 Å². The van der Waals surface area contributed by atoms with Crippen molar-refractivity contribution in [3.05, 3.63) is 0 Å². The van der Waals surface area contributed by atoms with Gasteiger partial charge in [0.1, 0.15) is 0 Å². The van der Waals surface area contributed by atoms with Crippen molar-refractivity contribution in [3.8, 4) is 0 Å². The van der Waals surface area contributed by atoms with Crippen molar-refractivity contribution in [2.45, 2.75) is 96.8 Å². The van der Waals surface area contributed by atoms with Gasteiger partial charge in [0.15, 0.2) is 0 Å². The van der Waals surface area contributed by atoms with Crippen LogP contribution in [0.5, 0.6) is 0 Å². The molecule has 1 saturated heterocycles. The van der Waals surface area contributed by atoms with Gasteiger partial charge in [0, 0.05) is 12.0 Å². The molecule has 0 spiro atoms. The Kier molecular flexibility index (Phi) is 4.86. The molecule has 0 aromatic carbocycles. The summed E-state index contributed by atoms with van der Waals surface area (Å²) >= 11 is 0. The first-order chi connectivity index (χ1) is 9.25. The average molecular weight is 281 g/mol. The summed E-state index contributed by atoms with van der Waals surface area (Å²) < 4.78 is 6.24. The Balaban J connectivity index is 1.94. The maximum atomic E-state index is 6.69. The van der Waals surface area contributed by atoms with Crippen molar-refractivity contribution in [1.82, 2.24) is 0 Å². The van der Waals surface area contributed by atoms with Gasteiger partial charge >= 0.3 is 0 Å². The largest absolute Gasteiger partial charge is 0.369 e. The summed E-state index contributed by atoms with van der Waals surface area (Å²) in [6.07, 6.45) is 9.30. The Morgan fingerprint density at radius 1 is 1.10 bits per heavy atom. The van der Waals surface area contributed by atoms with Crippen LogP contribution >= 0.6 is 0 Å². The van der Waals surface area contributed by atoms with Crippen LogP contribution in [0.1, 0.15) is 79.6 Å². The second kappa shape index (κ2) is 5.96. The molecule has 0 aromatic rings. The first-order valence-electron chi connectivity index (χ1n) is 8.71. The molecule has 0 aromatic heterocycles. The van der Waals surface area contributed by atoms with Crippen LogP contribution in [0, 0.1) is 17.8 Å². The van der Waals surface area contributed by atoms with E-state index in [2.05, 4.69) is 34.6 Å². The van der Waals surface area contributed by atoms with Gasteiger partial charge in [-0.25, -0.2) is 0 Å².